The van der Waals surface area contributed by atoms with Gasteiger partial charge in [0, 0.05) is 0 Å². The van der Waals surface area contributed by atoms with E-state index in [1.807, 2.05) is 36.8 Å². The molecule has 0 aliphatic carbocycles. The standard InChI is InChI=1S/C9H19O3PS/c1-4-11-13(3,10,12-5-2)14-8-6-7-9-14/h6-10,14H,4-5H2,1-3H3. The van der Waals surface area contributed by atoms with Crippen molar-refractivity contribution in [1.82, 2.24) is 0 Å². The van der Waals surface area contributed by atoms with E-state index in [1.54, 1.807) is 6.66 Å². The molecular formula is C9H19O3PS. The number of hydrogen-bond acceptors (Lipinski definition) is 3. The molecule has 3 nitrogen and oxygen atoms in total. The van der Waals surface area contributed by atoms with Gasteiger partial charge in [0.05, 0.1) is 0 Å². The van der Waals surface area contributed by atoms with E-state index in [1.165, 1.54) is 0 Å². The van der Waals surface area contributed by atoms with Crippen LogP contribution in [-0.2, 0) is 9.05 Å². The summed E-state index contributed by atoms with van der Waals surface area (Å²) in [6, 6.07) is 0. The molecule has 1 N–H and O–H groups in total. The zero-order chi connectivity index (χ0) is 10.7. The molecule has 5 heteroatoms. The molecule has 0 saturated carbocycles. The molecule has 14 heavy (non-hydrogen) atoms. The Labute approximate surface area is 88.1 Å². The number of thiol groups is 1. The van der Waals surface area contributed by atoms with E-state index in [4.69, 9.17) is 9.05 Å². The SMILES string of the molecule is CCOP(C)(O)(OCC)[SH]1C=CC=C1. The fourth-order valence-corrected chi connectivity index (χ4v) is 7.94. The van der Waals surface area contributed by atoms with Crippen LogP contribution in [-0.4, -0.2) is 24.8 Å². The third-order valence-corrected chi connectivity index (χ3v) is 10.3. The van der Waals surface area contributed by atoms with Crippen molar-refractivity contribution in [3.05, 3.63) is 23.0 Å². The van der Waals surface area contributed by atoms with Crippen LogP contribution >= 0.6 is 17.0 Å². The molecule has 0 radical (unpaired) electrons. The summed E-state index contributed by atoms with van der Waals surface area (Å²) in [4.78, 5) is 10.6. The molecule has 0 unspecified atom stereocenters. The molecule has 0 aromatic heterocycles. The zero-order valence-electron chi connectivity index (χ0n) is 8.88. The Morgan fingerprint density at radius 1 is 1.14 bits per heavy atom. The predicted octanol–water partition coefficient (Wildman–Crippen LogP) is 2.94. The van der Waals surface area contributed by atoms with Gasteiger partial charge in [-0.1, -0.05) is 0 Å². The molecule has 0 saturated heterocycles. The first-order valence-corrected chi connectivity index (χ1v) is 9.38. The first kappa shape index (κ1) is 12.2. The van der Waals surface area contributed by atoms with Gasteiger partial charge in [0.15, 0.2) is 0 Å². The van der Waals surface area contributed by atoms with Crippen LogP contribution in [0.4, 0.5) is 0 Å². The van der Waals surface area contributed by atoms with Gasteiger partial charge in [-0.15, -0.1) is 0 Å². The zero-order valence-corrected chi connectivity index (χ0v) is 10.7. The van der Waals surface area contributed by atoms with E-state index in [0.29, 0.717) is 13.2 Å². The van der Waals surface area contributed by atoms with Crippen LogP contribution in [0, 0.1) is 0 Å². The summed E-state index contributed by atoms with van der Waals surface area (Å²) in [5, 5.41) is 3.97. The van der Waals surface area contributed by atoms with E-state index < -0.39 is 17.0 Å². The Bertz CT molecular complexity index is 241. The second-order valence-electron chi connectivity index (χ2n) is 3.15. The monoisotopic (exact) mass is 238 g/mol. The van der Waals surface area contributed by atoms with Crippen molar-refractivity contribution in [3.8, 4) is 0 Å². The second kappa shape index (κ2) is 4.33. The van der Waals surface area contributed by atoms with Gasteiger partial charge in [0.25, 0.3) is 0 Å². The summed E-state index contributed by atoms with van der Waals surface area (Å²) in [5.74, 6) is 0. The molecule has 0 aromatic carbocycles. The maximum atomic E-state index is 10.6. The van der Waals surface area contributed by atoms with Gasteiger partial charge in [-0.05, 0) is 0 Å². The Morgan fingerprint density at radius 3 is 1.93 bits per heavy atom. The van der Waals surface area contributed by atoms with E-state index in [0.717, 1.165) is 0 Å². The summed E-state index contributed by atoms with van der Waals surface area (Å²) in [5.41, 5.74) is 0. The third-order valence-electron chi connectivity index (χ3n) is 1.96. The van der Waals surface area contributed by atoms with Gasteiger partial charge in [0.1, 0.15) is 0 Å². The Hall–Kier alpha value is 0.140. The van der Waals surface area contributed by atoms with Gasteiger partial charge in [-0.2, -0.15) is 0 Å². The Balaban J connectivity index is 2.89. The summed E-state index contributed by atoms with van der Waals surface area (Å²) < 4.78 is 11.1. The average Bonchev–Trinajstić information content (AvgIpc) is 2.56. The van der Waals surface area contributed by atoms with Crippen LogP contribution in [0.15, 0.2) is 23.0 Å². The summed E-state index contributed by atoms with van der Waals surface area (Å²) in [6.07, 6.45) is 3.87. The predicted molar refractivity (Wildman–Crippen MR) is 65.6 cm³/mol. The van der Waals surface area contributed by atoms with Crippen LogP contribution in [0.1, 0.15) is 13.8 Å². The summed E-state index contributed by atoms with van der Waals surface area (Å²) in [7, 11) is -0.804. The van der Waals surface area contributed by atoms with E-state index in [9.17, 15) is 4.89 Å². The van der Waals surface area contributed by atoms with Crippen molar-refractivity contribution in [3.63, 3.8) is 0 Å². The van der Waals surface area contributed by atoms with Crippen molar-refractivity contribution in [2.75, 3.05) is 19.9 Å². The first-order chi connectivity index (χ1) is 6.52. The second-order valence-corrected chi connectivity index (χ2v) is 11.6. The van der Waals surface area contributed by atoms with Crippen LogP contribution in [0.5, 0.6) is 0 Å². The molecular weight excluding hydrogens is 219 g/mol. The molecule has 84 valence electrons. The molecule has 1 aliphatic rings. The van der Waals surface area contributed by atoms with Crippen LogP contribution in [0.25, 0.3) is 0 Å². The first-order valence-electron chi connectivity index (χ1n) is 4.72. The topological polar surface area (TPSA) is 38.7 Å². The van der Waals surface area contributed by atoms with Crippen LogP contribution < -0.4 is 0 Å². The van der Waals surface area contributed by atoms with Gasteiger partial charge < -0.3 is 0 Å². The molecule has 0 amide bonds. The van der Waals surface area contributed by atoms with Crippen molar-refractivity contribution in [2.24, 2.45) is 0 Å². The van der Waals surface area contributed by atoms with Gasteiger partial charge >= 0.3 is 87.6 Å². The fraction of sp³-hybridized carbons (Fsp3) is 0.556. The molecule has 1 heterocycles. The number of allylic oxidation sites excluding steroid dienone is 2. The molecule has 1 rings (SSSR count). The number of hydrogen-bond donors (Lipinski definition) is 2. The number of rotatable bonds is 5. The fourth-order valence-electron chi connectivity index (χ4n) is 1.39. The normalized spacial score (nSPS) is 21.1. The summed E-state index contributed by atoms with van der Waals surface area (Å²) >= 11 is 0. The summed E-state index contributed by atoms with van der Waals surface area (Å²) in [6.45, 7) is 3.03. The molecule has 1 aliphatic heterocycles. The quantitative estimate of drug-likeness (QED) is 0.571. The molecule has 0 atom stereocenters. The Morgan fingerprint density at radius 2 is 1.57 bits per heavy atom. The molecule has 0 spiro atoms. The van der Waals surface area contributed by atoms with Crippen molar-refractivity contribution >= 4 is 17.0 Å². The third kappa shape index (κ3) is 2.38. The average molecular weight is 238 g/mol. The minimum atomic E-state index is -3.40. The molecule has 0 fully saturated rings. The van der Waals surface area contributed by atoms with Crippen molar-refractivity contribution in [1.29, 1.82) is 0 Å². The maximum absolute atomic E-state index is 10.6. The Kier molecular flexibility index (Phi) is 3.78. The van der Waals surface area contributed by atoms with E-state index in [-0.39, 0.29) is 0 Å². The van der Waals surface area contributed by atoms with Gasteiger partial charge in [-0.3, -0.25) is 0 Å². The molecule has 0 bridgehead atoms. The van der Waals surface area contributed by atoms with Crippen LogP contribution in [0.3, 0.4) is 0 Å². The van der Waals surface area contributed by atoms with E-state index in [2.05, 4.69) is 0 Å². The minimum absolute atomic E-state index is 0.478. The van der Waals surface area contributed by atoms with Gasteiger partial charge in [0.2, 0.25) is 0 Å². The molecule has 0 aromatic rings. The van der Waals surface area contributed by atoms with Crippen molar-refractivity contribution < 1.29 is 13.9 Å². The van der Waals surface area contributed by atoms with Crippen LogP contribution in [0.2, 0.25) is 0 Å². The van der Waals surface area contributed by atoms with Crippen molar-refractivity contribution in [2.45, 2.75) is 13.8 Å². The van der Waals surface area contributed by atoms with E-state index >= 15 is 0 Å². The van der Waals surface area contributed by atoms with Gasteiger partial charge in [-0.25, -0.2) is 0 Å².